The van der Waals surface area contributed by atoms with Gasteiger partial charge in [0.15, 0.2) is 0 Å². The summed E-state index contributed by atoms with van der Waals surface area (Å²) in [6, 6.07) is 3.55. The highest BCUT2D eigenvalue weighted by Crippen LogP contribution is 2.31. The van der Waals surface area contributed by atoms with Crippen LogP contribution >= 0.6 is 0 Å². The van der Waals surface area contributed by atoms with Crippen LogP contribution in [0.3, 0.4) is 0 Å². The quantitative estimate of drug-likeness (QED) is 0.842. The van der Waals surface area contributed by atoms with Gasteiger partial charge in [-0.3, -0.25) is 4.79 Å². The molecular weight excluding hydrogens is 347 g/mol. The van der Waals surface area contributed by atoms with Crippen LogP contribution < -0.4 is 5.32 Å². The topological polar surface area (TPSA) is 71.0 Å². The minimum absolute atomic E-state index is 0.0574. The van der Waals surface area contributed by atoms with Crippen LogP contribution in [0.1, 0.15) is 35.8 Å². The summed E-state index contributed by atoms with van der Waals surface area (Å²) in [6.45, 7) is 3.01. The summed E-state index contributed by atoms with van der Waals surface area (Å²) in [7, 11) is 0. The van der Waals surface area contributed by atoms with Crippen molar-refractivity contribution < 1.29 is 18.0 Å². The van der Waals surface area contributed by atoms with E-state index < -0.39 is 11.7 Å². The van der Waals surface area contributed by atoms with Crippen LogP contribution in [-0.4, -0.2) is 39.4 Å². The smallest absolute Gasteiger partial charge is 0.345 e. The molecule has 1 aliphatic heterocycles. The lowest BCUT2D eigenvalue weighted by atomic mass is 9.95. The Morgan fingerprint density at radius 1 is 1.27 bits per heavy atom. The molecule has 1 aliphatic rings. The average molecular weight is 365 g/mol. The summed E-state index contributed by atoms with van der Waals surface area (Å²) in [5.41, 5.74) is -0.0200. The standard InChI is InChI=1S/C17H18F3N5O/c1-11-22-14(12-3-2-6-25(9-12)10-26)8-16(23-11)24-15-7-13(4-5-21-15)17(18,19)20/h4-5,7-8,10,12H,2-3,6,9H2,1H3,(H,21,22,23,24). The number of hydrogen-bond acceptors (Lipinski definition) is 5. The number of alkyl halides is 3. The first-order chi connectivity index (χ1) is 12.3. The molecule has 1 fully saturated rings. The van der Waals surface area contributed by atoms with Gasteiger partial charge < -0.3 is 10.2 Å². The van der Waals surface area contributed by atoms with E-state index in [1.165, 1.54) is 0 Å². The van der Waals surface area contributed by atoms with Gasteiger partial charge in [-0.15, -0.1) is 0 Å². The van der Waals surface area contributed by atoms with E-state index in [1.807, 2.05) is 0 Å². The lowest BCUT2D eigenvalue weighted by Gasteiger charge is -2.29. The van der Waals surface area contributed by atoms with E-state index in [-0.39, 0.29) is 11.7 Å². The second kappa shape index (κ2) is 7.27. The maximum atomic E-state index is 12.8. The van der Waals surface area contributed by atoms with Crippen molar-refractivity contribution in [2.75, 3.05) is 18.4 Å². The number of nitrogens with zero attached hydrogens (tertiary/aromatic N) is 4. The third-order valence-electron chi connectivity index (χ3n) is 4.22. The maximum absolute atomic E-state index is 12.8. The molecule has 1 atom stereocenters. The van der Waals surface area contributed by atoms with Crippen LogP contribution in [0.2, 0.25) is 0 Å². The monoisotopic (exact) mass is 365 g/mol. The first-order valence-corrected chi connectivity index (χ1v) is 8.20. The number of anilines is 2. The van der Waals surface area contributed by atoms with Crippen LogP contribution in [-0.2, 0) is 11.0 Å². The maximum Gasteiger partial charge on any atom is 0.416 e. The number of carbonyl (C=O) groups is 1. The van der Waals surface area contributed by atoms with Crippen LogP contribution in [0.15, 0.2) is 24.4 Å². The van der Waals surface area contributed by atoms with Gasteiger partial charge in [-0.1, -0.05) is 0 Å². The number of pyridine rings is 1. The minimum atomic E-state index is -4.44. The molecule has 0 bridgehead atoms. The van der Waals surface area contributed by atoms with Crippen molar-refractivity contribution in [3.63, 3.8) is 0 Å². The third-order valence-corrected chi connectivity index (χ3v) is 4.22. The van der Waals surface area contributed by atoms with Gasteiger partial charge in [0.25, 0.3) is 0 Å². The summed E-state index contributed by atoms with van der Waals surface area (Å²) >= 11 is 0. The summed E-state index contributed by atoms with van der Waals surface area (Å²) in [5.74, 6) is 1.01. The molecular formula is C17H18F3N5O. The molecule has 1 amide bonds. The van der Waals surface area contributed by atoms with Gasteiger partial charge in [-0.2, -0.15) is 13.2 Å². The Balaban J connectivity index is 1.83. The Hall–Kier alpha value is -2.71. The first-order valence-electron chi connectivity index (χ1n) is 8.20. The zero-order valence-electron chi connectivity index (χ0n) is 14.1. The predicted molar refractivity (Wildman–Crippen MR) is 88.9 cm³/mol. The van der Waals surface area contributed by atoms with Crippen molar-refractivity contribution in [2.45, 2.75) is 31.9 Å². The second-order valence-corrected chi connectivity index (χ2v) is 6.22. The number of hydrogen-bond donors (Lipinski definition) is 1. The Labute approximate surface area is 148 Å². The molecule has 2 aromatic heterocycles. The SMILES string of the molecule is Cc1nc(Nc2cc(C(F)(F)F)ccn2)cc(C2CCCN(C=O)C2)n1. The Morgan fingerprint density at radius 2 is 2.08 bits per heavy atom. The van der Waals surface area contributed by atoms with Crippen molar-refractivity contribution in [3.05, 3.63) is 41.5 Å². The van der Waals surface area contributed by atoms with E-state index in [0.29, 0.717) is 18.2 Å². The Morgan fingerprint density at radius 3 is 2.81 bits per heavy atom. The van der Waals surface area contributed by atoms with Gasteiger partial charge >= 0.3 is 6.18 Å². The van der Waals surface area contributed by atoms with Gasteiger partial charge in [-0.05, 0) is 31.9 Å². The van der Waals surface area contributed by atoms with Crippen LogP contribution in [0.25, 0.3) is 0 Å². The zero-order chi connectivity index (χ0) is 18.7. The van der Waals surface area contributed by atoms with E-state index in [4.69, 9.17) is 0 Å². The van der Waals surface area contributed by atoms with Gasteiger partial charge in [-0.25, -0.2) is 15.0 Å². The highest BCUT2D eigenvalue weighted by Gasteiger charge is 2.30. The van der Waals surface area contributed by atoms with Crippen LogP contribution in [0.4, 0.5) is 24.8 Å². The second-order valence-electron chi connectivity index (χ2n) is 6.22. The highest BCUT2D eigenvalue weighted by atomic mass is 19.4. The minimum Gasteiger partial charge on any atom is -0.345 e. The molecule has 3 heterocycles. The number of carbonyl (C=O) groups excluding carboxylic acids is 1. The van der Waals surface area contributed by atoms with Gasteiger partial charge in [0.2, 0.25) is 6.41 Å². The Kier molecular flexibility index (Phi) is 5.06. The molecule has 3 rings (SSSR count). The van der Waals surface area contributed by atoms with Crippen molar-refractivity contribution in [3.8, 4) is 0 Å². The summed E-state index contributed by atoms with van der Waals surface area (Å²) < 4.78 is 38.5. The number of amides is 1. The lowest BCUT2D eigenvalue weighted by Crippen LogP contribution is -2.33. The van der Waals surface area contributed by atoms with E-state index in [9.17, 15) is 18.0 Å². The fourth-order valence-corrected chi connectivity index (χ4v) is 3.01. The molecule has 0 aliphatic carbocycles. The molecule has 9 heteroatoms. The van der Waals surface area contributed by atoms with Gasteiger partial charge in [0.1, 0.15) is 17.5 Å². The predicted octanol–water partition coefficient (Wildman–Crippen LogP) is 3.28. The van der Waals surface area contributed by atoms with E-state index in [0.717, 1.165) is 49.8 Å². The molecule has 26 heavy (non-hydrogen) atoms. The van der Waals surface area contributed by atoms with E-state index >= 15 is 0 Å². The zero-order valence-corrected chi connectivity index (χ0v) is 14.1. The fraction of sp³-hybridized carbons (Fsp3) is 0.412. The lowest BCUT2D eigenvalue weighted by molar-refractivity contribution is -0.137. The van der Waals surface area contributed by atoms with E-state index in [1.54, 1.807) is 17.9 Å². The molecule has 0 spiro atoms. The van der Waals surface area contributed by atoms with Crippen molar-refractivity contribution >= 4 is 18.0 Å². The summed E-state index contributed by atoms with van der Waals surface area (Å²) in [4.78, 5) is 25.3. The number of likely N-dealkylation sites (tertiary alicyclic amines) is 1. The molecule has 0 saturated carbocycles. The van der Waals surface area contributed by atoms with Crippen molar-refractivity contribution in [1.82, 2.24) is 19.9 Å². The number of rotatable bonds is 4. The third kappa shape index (κ3) is 4.27. The molecule has 1 saturated heterocycles. The van der Waals surface area contributed by atoms with Gasteiger partial charge in [0.05, 0.1) is 11.3 Å². The summed E-state index contributed by atoms with van der Waals surface area (Å²) in [5, 5.41) is 2.82. The van der Waals surface area contributed by atoms with Crippen LogP contribution in [0.5, 0.6) is 0 Å². The van der Waals surface area contributed by atoms with Crippen molar-refractivity contribution in [1.29, 1.82) is 0 Å². The van der Waals surface area contributed by atoms with E-state index in [2.05, 4.69) is 20.3 Å². The van der Waals surface area contributed by atoms with Gasteiger partial charge in [0, 0.05) is 31.3 Å². The largest absolute Gasteiger partial charge is 0.416 e. The molecule has 0 radical (unpaired) electrons. The number of nitrogens with one attached hydrogen (secondary N) is 1. The number of aromatic nitrogens is 3. The van der Waals surface area contributed by atoms with Crippen molar-refractivity contribution in [2.24, 2.45) is 0 Å². The average Bonchev–Trinajstić information content (AvgIpc) is 2.61. The molecule has 0 aromatic carbocycles. The Bertz CT molecular complexity index is 796. The summed E-state index contributed by atoms with van der Waals surface area (Å²) in [6.07, 6.45) is -0.742. The normalized spacial score (nSPS) is 17.8. The van der Waals surface area contributed by atoms with Crippen LogP contribution in [0, 0.1) is 6.92 Å². The molecule has 1 N–H and O–H groups in total. The molecule has 1 unspecified atom stereocenters. The fourth-order valence-electron chi connectivity index (χ4n) is 3.01. The first kappa shape index (κ1) is 18.1. The highest BCUT2D eigenvalue weighted by molar-refractivity contribution is 5.53. The number of piperidine rings is 1. The molecule has 6 nitrogen and oxygen atoms in total. The number of halogens is 3. The number of aryl methyl sites for hydroxylation is 1. The molecule has 138 valence electrons. The molecule has 2 aromatic rings.